The average molecular weight is 549 g/mol. The summed E-state index contributed by atoms with van der Waals surface area (Å²) in [4.78, 5) is 45.8. The largest absolute Gasteiger partial charge is 0.497 e. The standard InChI is InChI=1S/C35H36N2O4/c1-6-9-21-12-14-22(15-13-21)31(38)29-30(32(39)34(2,3)4)37-27-18-17-24(41-5)20-23(27)16-19-28(37)35(29)25-10-7-8-11-26(25)36-33(35)40/h7-8,10-20,28-30H,6,9H2,1-5H3,(H,36,40)/t28-,29-,30+,35-/m0/s1. The maximum absolute atomic E-state index is 14.8. The lowest BCUT2D eigenvalue weighted by Gasteiger charge is -2.38. The average Bonchev–Trinajstić information content (AvgIpc) is 3.44. The Labute approximate surface area is 241 Å². The van der Waals surface area contributed by atoms with Crippen LogP contribution in [0.15, 0.2) is 72.8 Å². The van der Waals surface area contributed by atoms with Crippen LogP contribution in [0.2, 0.25) is 0 Å². The van der Waals surface area contributed by atoms with Crippen LogP contribution in [0.3, 0.4) is 0 Å². The van der Waals surface area contributed by atoms with Crippen LogP contribution in [-0.4, -0.2) is 36.7 Å². The highest BCUT2D eigenvalue weighted by Gasteiger charge is 2.70. The molecular weight excluding hydrogens is 512 g/mol. The van der Waals surface area contributed by atoms with Gasteiger partial charge in [-0.3, -0.25) is 14.4 Å². The van der Waals surface area contributed by atoms with Gasteiger partial charge in [0.2, 0.25) is 5.91 Å². The number of carbonyl (C=O) groups is 3. The third-order valence-corrected chi connectivity index (χ3v) is 8.91. The van der Waals surface area contributed by atoms with E-state index in [1.807, 2.05) is 105 Å². The van der Waals surface area contributed by atoms with E-state index >= 15 is 0 Å². The summed E-state index contributed by atoms with van der Waals surface area (Å²) < 4.78 is 5.48. The fourth-order valence-corrected chi connectivity index (χ4v) is 7.03. The lowest BCUT2D eigenvalue weighted by atomic mass is 9.63. The minimum atomic E-state index is -1.30. The summed E-state index contributed by atoms with van der Waals surface area (Å²) in [6.45, 7) is 7.77. The molecule has 0 unspecified atom stereocenters. The van der Waals surface area contributed by atoms with Crippen LogP contribution in [0.1, 0.15) is 61.2 Å². The molecule has 4 atom stereocenters. The number of fused-ring (bicyclic) bond motifs is 6. The van der Waals surface area contributed by atoms with Crippen molar-refractivity contribution in [1.82, 2.24) is 0 Å². The number of methoxy groups -OCH3 is 1. The minimum absolute atomic E-state index is 0.0745. The second-order valence-corrected chi connectivity index (χ2v) is 12.4. The Kier molecular flexibility index (Phi) is 6.40. The number of hydrogen-bond donors (Lipinski definition) is 1. The van der Waals surface area contributed by atoms with E-state index in [2.05, 4.69) is 12.2 Å². The first-order valence-corrected chi connectivity index (χ1v) is 14.4. The molecule has 0 saturated carbocycles. The number of nitrogens with zero attached hydrogens (tertiary/aromatic N) is 1. The van der Waals surface area contributed by atoms with Gasteiger partial charge in [-0.2, -0.15) is 0 Å². The number of nitrogens with one attached hydrogen (secondary N) is 1. The van der Waals surface area contributed by atoms with Crippen molar-refractivity contribution in [2.75, 3.05) is 17.3 Å². The maximum Gasteiger partial charge on any atom is 0.238 e. The molecule has 0 aromatic heterocycles. The SMILES string of the molecule is CCCc1ccc(C(=O)[C@@H]2[C@H](C(=O)C(C)(C)C)N3c4ccc(OC)cc4C=C[C@H]3[C@]23C(=O)Nc2ccccc23)cc1. The summed E-state index contributed by atoms with van der Waals surface area (Å²) in [6, 6.07) is 19.6. The molecule has 3 heterocycles. The summed E-state index contributed by atoms with van der Waals surface area (Å²) >= 11 is 0. The van der Waals surface area contributed by atoms with Gasteiger partial charge in [-0.05, 0) is 41.8 Å². The second kappa shape index (κ2) is 9.72. The Morgan fingerprint density at radius 1 is 1.02 bits per heavy atom. The topological polar surface area (TPSA) is 75.7 Å². The Morgan fingerprint density at radius 2 is 1.76 bits per heavy atom. The van der Waals surface area contributed by atoms with Crippen molar-refractivity contribution in [3.8, 4) is 5.75 Å². The molecule has 6 nitrogen and oxygen atoms in total. The molecular formula is C35H36N2O4. The normalized spacial score (nSPS) is 24.1. The molecule has 1 fully saturated rings. The smallest absolute Gasteiger partial charge is 0.238 e. The monoisotopic (exact) mass is 548 g/mol. The Hall–Kier alpha value is -4.19. The molecule has 3 aliphatic heterocycles. The van der Waals surface area contributed by atoms with E-state index < -0.39 is 28.8 Å². The lowest BCUT2D eigenvalue weighted by Crippen LogP contribution is -2.51. The Morgan fingerprint density at radius 3 is 2.44 bits per heavy atom. The number of rotatable bonds is 6. The quantitative estimate of drug-likeness (QED) is 0.369. The number of carbonyl (C=O) groups excluding carboxylic acids is 3. The first-order chi connectivity index (χ1) is 19.6. The van der Waals surface area contributed by atoms with Gasteiger partial charge in [0.1, 0.15) is 17.2 Å². The summed E-state index contributed by atoms with van der Waals surface area (Å²) in [7, 11) is 1.62. The molecule has 6 rings (SSSR count). The fraction of sp³-hybridized carbons (Fsp3) is 0.343. The van der Waals surface area contributed by atoms with Crippen LogP contribution < -0.4 is 15.0 Å². The number of para-hydroxylation sites is 1. The zero-order chi connectivity index (χ0) is 29.1. The molecule has 0 aliphatic carbocycles. The van der Waals surface area contributed by atoms with Crippen molar-refractivity contribution in [3.05, 3.63) is 95.1 Å². The first-order valence-electron chi connectivity index (χ1n) is 14.4. The Balaban J connectivity index is 1.63. The maximum atomic E-state index is 14.8. The van der Waals surface area contributed by atoms with Crippen LogP contribution >= 0.6 is 0 Å². The van der Waals surface area contributed by atoms with Gasteiger partial charge < -0.3 is 15.0 Å². The minimum Gasteiger partial charge on any atom is -0.497 e. The van der Waals surface area contributed by atoms with Gasteiger partial charge in [0.25, 0.3) is 0 Å². The van der Waals surface area contributed by atoms with E-state index in [0.29, 0.717) is 17.0 Å². The molecule has 1 spiro atoms. The molecule has 210 valence electrons. The van der Waals surface area contributed by atoms with E-state index in [9.17, 15) is 14.4 Å². The van der Waals surface area contributed by atoms with E-state index in [1.54, 1.807) is 7.11 Å². The van der Waals surface area contributed by atoms with Crippen LogP contribution in [-0.2, 0) is 21.4 Å². The predicted octanol–water partition coefficient (Wildman–Crippen LogP) is 6.24. The highest BCUT2D eigenvalue weighted by atomic mass is 16.5. The van der Waals surface area contributed by atoms with Gasteiger partial charge in [-0.25, -0.2) is 0 Å². The highest BCUT2D eigenvalue weighted by Crippen LogP contribution is 2.58. The zero-order valence-electron chi connectivity index (χ0n) is 24.2. The number of benzene rings is 3. The van der Waals surface area contributed by atoms with Crippen LogP contribution in [0.4, 0.5) is 11.4 Å². The number of anilines is 2. The second-order valence-electron chi connectivity index (χ2n) is 12.4. The number of hydrogen-bond acceptors (Lipinski definition) is 5. The molecule has 3 aromatic carbocycles. The lowest BCUT2D eigenvalue weighted by molar-refractivity contribution is -0.128. The summed E-state index contributed by atoms with van der Waals surface area (Å²) in [5, 5.41) is 3.08. The van der Waals surface area contributed by atoms with Gasteiger partial charge >= 0.3 is 0 Å². The molecule has 1 saturated heterocycles. The molecule has 1 N–H and O–H groups in total. The van der Waals surface area contributed by atoms with Crippen molar-refractivity contribution < 1.29 is 19.1 Å². The summed E-state index contributed by atoms with van der Waals surface area (Å²) in [5.74, 6) is -0.767. The first kappa shape index (κ1) is 27.0. The molecule has 6 heteroatoms. The van der Waals surface area contributed by atoms with Gasteiger partial charge in [0, 0.05) is 27.9 Å². The summed E-state index contributed by atoms with van der Waals surface area (Å²) in [6.07, 6.45) is 5.90. The molecule has 3 aliphatic rings. The summed E-state index contributed by atoms with van der Waals surface area (Å²) in [5.41, 5.74) is 2.74. The van der Waals surface area contributed by atoms with E-state index in [4.69, 9.17) is 4.74 Å². The number of Topliss-reactive ketones (excluding diaryl/α,β-unsaturated/α-hetero) is 2. The van der Waals surface area contributed by atoms with Crippen molar-refractivity contribution in [1.29, 1.82) is 0 Å². The van der Waals surface area contributed by atoms with Gasteiger partial charge in [-0.15, -0.1) is 0 Å². The fourth-order valence-electron chi connectivity index (χ4n) is 7.03. The number of ketones is 2. The van der Waals surface area contributed by atoms with E-state index in [0.717, 1.165) is 35.2 Å². The van der Waals surface area contributed by atoms with E-state index in [1.165, 1.54) is 0 Å². The molecule has 1 amide bonds. The van der Waals surface area contributed by atoms with Gasteiger partial charge in [-0.1, -0.05) is 88.7 Å². The number of ether oxygens (including phenoxy) is 1. The van der Waals surface area contributed by atoms with Crippen LogP contribution in [0.5, 0.6) is 5.75 Å². The Bertz CT molecular complexity index is 1580. The van der Waals surface area contributed by atoms with E-state index in [-0.39, 0.29) is 17.5 Å². The highest BCUT2D eigenvalue weighted by molar-refractivity contribution is 6.17. The van der Waals surface area contributed by atoms with Crippen LogP contribution in [0, 0.1) is 11.3 Å². The molecule has 3 aromatic rings. The molecule has 41 heavy (non-hydrogen) atoms. The number of aryl methyl sites for hydroxylation is 1. The third-order valence-electron chi connectivity index (χ3n) is 8.91. The van der Waals surface area contributed by atoms with Gasteiger partial charge in [0.15, 0.2) is 11.6 Å². The van der Waals surface area contributed by atoms with Crippen molar-refractivity contribution >= 4 is 34.9 Å². The number of amides is 1. The van der Waals surface area contributed by atoms with Gasteiger partial charge in [0.05, 0.1) is 19.1 Å². The van der Waals surface area contributed by atoms with Crippen molar-refractivity contribution in [2.24, 2.45) is 11.3 Å². The van der Waals surface area contributed by atoms with Crippen molar-refractivity contribution in [3.63, 3.8) is 0 Å². The van der Waals surface area contributed by atoms with Crippen LogP contribution in [0.25, 0.3) is 6.08 Å². The third kappa shape index (κ3) is 3.95. The molecule has 0 bridgehead atoms. The zero-order valence-corrected chi connectivity index (χ0v) is 24.2. The predicted molar refractivity (Wildman–Crippen MR) is 162 cm³/mol. The van der Waals surface area contributed by atoms with Crippen molar-refractivity contribution in [2.45, 2.75) is 58.0 Å². The molecule has 0 radical (unpaired) electrons.